The Hall–Kier alpha value is -1.32. The van der Waals surface area contributed by atoms with Crippen LogP contribution in [0.15, 0.2) is 24.3 Å². The molecule has 0 atom stereocenters. The highest BCUT2D eigenvalue weighted by molar-refractivity contribution is 5.84. The molecule has 98 valence electrons. The maximum atomic E-state index is 5.38. The standard InChI is InChI=1S/C15H21NO2/c1-10(2)9-12-11-7-5-6-8-13(11)16-14(12)15(17-3)18-4/h5-8,10,15-16H,9H2,1-4H3. The van der Waals surface area contributed by atoms with Gasteiger partial charge in [0.1, 0.15) is 0 Å². The van der Waals surface area contributed by atoms with Gasteiger partial charge in [0.05, 0.1) is 5.69 Å². The summed E-state index contributed by atoms with van der Waals surface area (Å²) in [7, 11) is 3.33. The van der Waals surface area contributed by atoms with E-state index in [-0.39, 0.29) is 6.29 Å². The third kappa shape index (κ3) is 2.42. The maximum Gasteiger partial charge on any atom is 0.198 e. The minimum absolute atomic E-state index is 0.328. The van der Waals surface area contributed by atoms with Crippen molar-refractivity contribution in [3.8, 4) is 0 Å². The minimum atomic E-state index is -0.328. The Balaban J connectivity index is 2.56. The summed E-state index contributed by atoms with van der Waals surface area (Å²) in [6.07, 6.45) is 0.689. The van der Waals surface area contributed by atoms with Crippen LogP contribution in [0.5, 0.6) is 0 Å². The number of benzene rings is 1. The number of hydrogen-bond acceptors (Lipinski definition) is 2. The molecule has 0 amide bonds. The zero-order chi connectivity index (χ0) is 13.1. The van der Waals surface area contributed by atoms with Crippen LogP contribution in [0.1, 0.15) is 31.4 Å². The molecule has 0 aliphatic heterocycles. The monoisotopic (exact) mass is 247 g/mol. The maximum absolute atomic E-state index is 5.38. The first-order valence-corrected chi connectivity index (χ1v) is 6.32. The highest BCUT2D eigenvalue weighted by atomic mass is 16.7. The summed E-state index contributed by atoms with van der Waals surface area (Å²) in [6.45, 7) is 4.44. The van der Waals surface area contributed by atoms with Gasteiger partial charge in [-0.05, 0) is 24.0 Å². The van der Waals surface area contributed by atoms with Crippen molar-refractivity contribution in [3.63, 3.8) is 0 Å². The van der Waals surface area contributed by atoms with Gasteiger partial charge in [0.2, 0.25) is 0 Å². The molecule has 0 saturated carbocycles. The highest BCUT2D eigenvalue weighted by Gasteiger charge is 2.19. The third-order valence-corrected chi connectivity index (χ3v) is 3.12. The van der Waals surface area contributed by atoms with E-state index in [4.69, 9.17) is 9.47 Å². The molecule has 1 heterocycles. The number of ether oxygens (including phenoxy) is 2. The van der Waals surface area contributed by atoms with Crippen molar-refractivity contribution in [2.24, 2.45) is 5.92 Å². The molecule has 0 unspecified atom stereocenters. The van der Waals surface area contributed by atoms with Crippen molar-refractivity contribution in [1.82, 2.24) is 4.98 Å². The van der Waals surface area contributed by atoms with Crippen molar-refractivity contribution in [1.29, 1.82) is 0 Å². The summed E-state index contributed by atoms with van der Waals surface area (Å²) in [5, 5.41) is 1.26. The molecule has 2 rings (SSSR count). The highest BCUT2D eigenvalue weighted by Crippen LogP contribution is 2.30. The van der Waals surface area contributed by atoms with Gasteiger partial charge < -0.3 is 14.5 Å². The van der Waals surface area contributed by atoms with E-state index in [1.807, 2.05) is 6.07 Å². The molecule has 3 heteroatoms. The molecule has 18 heavy (non-hydrogen) atoms. The number of aromatic amines is 1. The summed E-state index contributed by atoms with van der Waals surface area (Å²) in [6, 6.07) is 8.34. The van der Waals surface area contributed by atoms with Crippen LogP contribution in [-0.4, -0.2) is 19.2 Å². The van der Waals surface area contributed by atoms with Crippen molar-refractivity contribution in [2.75, 3.05) is 14.2 Å². The number of methoxy groups -OCH3 is 2. The first-order valence-electron chi connectivity index (χ1n) is 6.32. The Bertz CT molecular complexity index is 512. The third-order valence-electron chi connectivity index (χ3n) is 3.12. The Morgan fingerprint density at radius 1 is 1.11 bits per heavy atom. The molecule has 0 aliphatic rings. The van der Waals surface area contributed by atoms with Crippen molar-refractivity contribution in [2.45, 2.75) is 26.6 Å². The van der Waals surface area contributed by atoms with E-state index in [2.05, 4.69) is 37.0 Å². The van der Waals surface area contributed by atoms with Gasteiger partial charge in [-0.2, -0.15) is 0 Å². The van der Waals surface area contributed by atoms with Gasteiger partial charge in [0.15, 0.2) is 6.29 Å². The second kappa shape index (κ2) is 5.55. The number of hydrogen-bond donors (Lipinski definition) is 1. The molecule has 0 spiro atoms. The lowest BCUT2D eigenvalue weighted by atomic mass is 9.99. The Morgan fingerprint density at radius 3 is 2.39 bits per heavy atom. The predicted molar refractivity (Wildman–Crippen MR) is 73.6 cm³/mol. The van der Waals surface area contributed by atoms with Gasteiger partial charge in [-0.3, -0.25) is 0 Å². The van der Waals surface area contributed by atoms with Crippen LogP contribution in [-0.2, 0) is 15.9 Å². The van der Waals surface area contributed by atoms with E-state index in [0.29, 0.717) is 5.92 Å². The predicted octanol–water partition coefficient (Wildman–Crippen LogP) is 3.66. The van der Waals surface area contributed by atoms with Crippen molar-refractivity contribution >= 4 is 10.9 Å². The lowest BCUT2D eigenvalue weighted by molar-refractivity contribution is -0.108. The average Bonchev–Trinajstić information content (AvgIpc) is 2.70. The van der Waals surface area contributed by atoms with Crippen LogP contribution < -0.4 is 0 Å². The average molecular weight is 247 g/mol. The van der Waals surface area contributed by atoms with E-state index in [1.54, 1.807) is 14.2 Å². The van der Waals surface area contributed by atoms with Crippen molar-refractivity contribution in [3.05, 3.63) is 35.5 Å². The summed E-state index contributed by atoms with van der Waals surface area (Å²) in [5.74, 6) is 0.595. The van der Waals surface area contributed by atoms with Crippen LogP contribution in [0.3, 0.4) is 0 Å². The van der Waals surface area contributed by atoms with E-state index in [0.717, 1.165) is 17.6 Å². The number of para-hydroxylation sites is 1. The molecule has 0 aliphatic carbocycles. The van der Waals surface area contributed by atoms with E-state index in [9.17, 15) is 0 Å². The molecule has 1 aromatic carbocycles. The van der Waals surface area contributed by atoms with Crippen LogP contribution in [0.4, 0.5) is 0 Å². The smallest absolute Gasteiger partial charge is 0.198 e. The molecular weight excluding hydrogens is 226 g/mol. The lowest BCUT2D eigenvalue weighted by Gasteiger charge is -2.15. The second-order valence-corrected chi connectivity index (χ2v) is 4.96. The van der Waals surface area contributed by atoms with E-state index in [1.165, 1.54) is 10.9 Å². The SMILES string of the molecule is COC(OC)c1[nH]c2ccccc2c1CC(C)C. The zero-order valence-corrected chi connectivity index (χ0v) is 11.5. The Labute approximate surface area is 108 Å². The summed E-state index contributed by atoms with van der Waals surface area (Å²) in [5.41, 5.74) is 3.48. The number of fused-ring (bicyclic) bond motifs is 1. The van der Waals surface area contributed by atoms with Gasteiger partial charge >= 0.3 is 0 Å². The van der Waals surface area contributed by atoms with Crippen molar-refractivity contribution < 1.29 is 9.47 Å². The molecule has 2 aromatic rings. The fourth-order valence-electron chi connectivity index (χ4n) is 2.38. The quantitative estimate of drug-likeness (QED) is 0.818. The van der Waals surface area contributed by atoms with E-state index < -0.39 is 0 Å². The molecular formula is C15H21NO2. The van der Waals surface area contributed by atoms with E-state index >= 15 is 0 Å². The second-order valence-electron chi connectivity index (χ2n) is 4.96. The van der Waals surface area contributed by atoms with Gasteiger partial charge in [-0.15, -0.1) is 0 Å². The molecule has 1 N–H and O–H groups in total. The number of rotatable bonds is 5. The van der Waals surface area contributed by atoms with Crippen LogP contribution in [0.2, 0.25) is 0 Å². The number of H-pyrrole nitrogens is 1. The molecule has 3 nitrogen and oxygen atoms in total. The first kappa shape index (κ1) is 13.1. The normalized spacial score (nSPS) is 11.9. The van der Waals surface area contributed by atoms with Gasteiger partial charge in [0, 0.05) is 25.1 Å². The molecule has 1 aromatic heterocycles. The fourth-order valence-corrected chi connectivity index (χ4v) is 2.38. The number of aromatic nitrogens is 1. The molecule has 0 bridgehead atoms. The largest absolute Gasteiger partial charge is 0.354 e. The van der Waals surface area contributed by atoms with Gasteiger partial charge in [-0.1, -0.05) is 32.0 Å². The van der Waals surface area contributed by atoms with Crippen LogP contribution in [0, 0.1) is 5.92 Å². The fraction of sp³-hybridized carbons (Fsp3) is 0.467. The first-order chi connectivity index (χ1) is 8.67. The summed E-state index contributed by atoms with van der Waals surface area (Å²) in [4.78, 5) is 3.42. The minimum Gasteiger partial charge on any atom is -0.354 e. The summed E-state index contributed by atoms with van der Waals surface area (Å²) < 4.78 is 10.8. The van der Waals surface area contributed by atoms with Gasteiger partial charge in [0.25, 0.3) is 0 Å². The van der Waals surface area contributed by atoms with Gasteiger partial charge in [-0.25, -0.2) is 0 Å². The zero-order valence-electron chi connectivity index (χ0n) is 11.5. The topological polar surface area (TPSA) is 34.2 Å². The Morgan fingerprint density at radius 2 is 1.78 bits per heavy atom. The molecule has 0 radical (unpaired) electrons. The number of nitrogens with one attached hydrogen (secondary N) is 1. The summed E-state index contributed by atoms with van der Waals surface area (Å²) >= 11 is 0. The van der Waals surface area contributed by atoms with Crippen LogP contribution >= 0.6 is 0 Å². The Kier molecular flexibility index (Phi) is 4.04. The lowest BCUT2D eigenvalue weighted by Crippen LogP contribution is -2.08. The molecule has 0 fully saturated rings. The van der Waals surface area contributed by atoms with Crippen LogP contribution in [0.25, 0.3) is 10.9 Å². The molecule has 0 saturated heterocycles.